The van der Waals surface area contributed by atoms with Crippen LogP contribution in [0.15, 0.2) is 30.3 Å². The van der Waals surface area contributed by atoms with Gasteiger partial charge in [-0.05, 0) is 24.5 Å². The first-order valence-corrected chi connectivity index (χ1v) is 9.26. The Morgan fingerprint density at radius 2 is 1.93 bits per heavy atom. The molecule has 7 nitrogen and oxygen atoms in total. The largest absolute Gasteiger partial charge is 0.373 e. The molecule has 0 unspecified atom stereocenters. The summed E-state index contributed by atoms with van der Waals surface area (Å²) in [4.78, 5) is 34.6. The Kier molecular flexibility index (Phi) is 6.01. The number of ketones is 1. The summed E-state index contributed by atoms with van der Waals surface area (Å²) in [6, 6.07) is 9.47. The average Bonchev–Trinajstić information content (AvgIpc) is 3.20. The number of amides is 1. The number of likely N-dealkylation sites (tertiary alicyclic amines) is 1. The van der Waals surface area contributed by atoms with Gasteiger partial charge in [0.15, 0.2) is 0 Å². The predicted octanol–water partition coefficient (Wildman–Crippen LogP) is 2.28. The molecule has 2 heterocycles. The molecule has 1 saturated heterocycles. The number of anilines is 2. The molecule has 0 aliphatic carbocycles. The van der Waals surface area contributed by atoms with Crippen LogP contribution in [0, 0.1) is 0 Å². The number of nitrogens with one attached hydrogen (secondary N) is 1. The Bertz CT molecular complexity index is 831. The van der Waals surface area contributed by atoms with Crippen LogP contribution in [0.2, 0.25) is 0 Å². The van der Waals surface area contributed by atoms with E-state index in [1.807, 2.05) is 35.2 Å². The molecule has 0 spiro atoms. The van der Waals surface area contributed by atoms with Gasteiger partial charge in [-0.25, -0.2) is 4.98 Å². The lowest BCUT2D eigenvalue weighted by Gasteiger charge is -2.14. The number of hydrogen-bond donors (Lipinski definition) is 2. The SMILES string of the molecule is CNc1cc(-c2cccc(CC(=O)CCC(=O)N3CCCC3)c2)nc(N)n1. The second-order valence-corrected chi connectivity index (χ2v) is 6.75. The van der Waals surface area contributed by atoms with Gasteiger partial charge in [0.1, 0.15) is 11.6 Å². The standard InChI is InChI=1S/C20H25N5O2/c1-22-18-13-17(23-20(21)24-18)15-6-4-5-14(11-15)12-16(26)7-8-19(27)25-9-2-3-10-25/h4-6,11,13H,2-3,7-10,12H2,1H3,(H3,21,22,23,24). The van der Waals surface area contributed by atoms with Gasteiger partial charge in [0.25, 0.3) is 0 Å². The van der Waals surface area contributed by atoms with E-state index in [9.17, 15) is 9.59 Å². The lowest BCUT2D eigenvalue weighted by Crippen LogP contribution is -2.27. The van der Waals surface area contributed by atoms with Crippen LogP contribution in [0.4, 0.5) is 11.8 Å². The van der Waals surface area contributed by atoms with E-state index in [0.717, 1.165) is 37.1 Å². The Morgan fingerprint density at radius 1 is 1.15 bits per heavy atom. The molecule has 3 rings (SSSR count). The third kappa shape index (κ3) is 5.03. The van der Waals surface area contributed by atoms with Gasteiger partial charge < -0.3 is 16.0 Å². The van der Waals surface area contributed by atoms with Crippen molar-refractivity contribution in [1.82, 2.24) is 14.9 Å². The maximum Gasteiger partial charge on any atom is 0.223 e. The first kappa shape index (κ1) is 18.8. The molecule has 0 bridgehead atoms. The maximum absolute atomic E-state index is 12.3. The summed E-state index contributed by atoms with van der Waals surface area (Å²) in [5.41, 5.74) is 8.23. The van der Waals surface area contributed by atoms with Gasteiger partial charge in [0.2, 0.25) is 11.9 Å². The second kappa shape index (κ2) is 8.62. The van der Waals surface area contributed by atoms with E-state index in [-0.39, 0.29) is 24.1 Å². The number of nitrogen functional groups attached to an aromatic ring is 1. The molecule has 0 saturated carbocycles. The minimum atomic E-state index is 0.0674. The molecular formula is C20H25N5O2. The number of carbonyl (C=O) groups excluding carboxylic acids is 2. The van der Waals surface area contributed by atoms with Crippen molar-refractivity contribution in [2.45, 2.75) is 32.1 Å². The third-order valence-electron chi connectivity index (χ3n) is 4.70. The number of benzene rings is 1. The second-order valence-electron chi connectivity index (χ2n) is 6.75. The van der Waals surface area contributed by atoms with Crippen molar-refractivity contribution >= 4 is 23.5 Å². The van der Waals surface area contributed by atoms with Crippen molar-refractivity contribution in [2.75, 3.05) is 31.2 Å². The van der Waals surface area contributed by atoms with E-state index in [1.54, 1.807) is 7.05 Å². The van der Waals surface area contributed by atoms with Crippen LogP contribution in [0.25, 0.3) is 11.3 Å². The fraction of sp³-hybridized carbons (Fsp3) is 0.400. The summed E-state index contributed by atoms with van der Waals surface area (Å²) in [5.74, 6) is 0.988. The van der Waals surface area contributed by atoms with E-state index < -0.39 is 0 Å². The quantitative estimate of drug-likeness (QED) is 0.778. The van der Waals surface area contributed by atoms with E-state index in [0.29, 0.717) is 24.4 Å². The number of aromatic nitrogens is 2. The number of hydrogen-bond acceptors (Lipinski definition) is 6. The summed E-state index contributed by atoms with van der Waals surface area (Å²) in [6.07, 6.45) is 3.02. The maximum atomic E-state index is 12.3. The molecule has 1 fully saturated rings. The molecule has 142 valence electrons. The van der Waals surface area contributed by atoms with Crippen LogP contribution in [0.3, 0.4) is 0 Å². The van der Waals surface area contributed by atoms with Crippen molar-refractivity contribution in [3.8, 4) is 11.3 Å². The van der Waals surface area contributed by atoms with E-state index in [4.69, 9.17) is 5.73 Å². The number of Topliss-reactive ketones (excluding diaryl/α,β-unsaturated/α-hetero) is 1. The lowest BCUT2D eigenvalue weighted by atomic mass is 10.0. The van der Waals surface area contributed by atoms with Crippen molar-refractivity contribution in [3.05, 3.63) is 35.9 Å². The molecular weight excluding hydrogens is 342 g/mol. The third-order valence-corrected chi connectivity index (χ3v) is 4.70. The van der Waals surface area contributed by atoms with Gasteiger partial charge in [-0.15, -0.1) is 0 Å². The smallest absolute Gasteiger partial charge is 0.223 e. The highest BCUT2D eigenvalue weighted by atomic mass is 16.2. The van der Waals surface area contributed by atoms with Gasteiger partial charge >= 0.3 is 0 Å². The summed E-state index contributed by atoms with van der Waals surface area (Å²) in [6.45, 7) is 1.65. The predicted molar refractivity (Wildman–Crippen MR) is 105 cm³/mol. The number of carbonyl (C=O) groups is 2. The van der Waals surface area contributed by atoms with Crippen LogP contribution in [-0.2, 0) is 16.0 Å². The zero-order valence-electron chi connectivity index (χ0n) is 15.6. The van der Waals surface area contributed by atoms with E-state index in [2.05, 4.69) is 15.3 Å². The van der Waals surface area contributed by atoms with Crippen LogP contribution in [0.5, 0.6) is 0 Å². The lowest BCUT2D eigenvalue weighted by molar-refractivity contribution is -0.132. The van der Waals surface area contributed by atoms with Crippen LogP contribution in [0.1, 0.15) is 31.2 Å². The normalized spacial score (nSPS) is 13.6. The fourth-order valence-electron chi connectivity index (χ4n) is 3.27. The zero-order valence-corrected chi connectivity index (χ0v) is 15.6. The van der Waals surface area contributed by atoms with Gasteiger partial charge in [-0.2, -0.15) is 4.98 Å². The molecule has 1 aromatic heterocycles. The average molecular weight is 367 g/mol. The molecule has 0 radical (unpaired) electrons. The number of nitrogens with zero attached hydrogens (tertiary/aromatic N) is 3. The molecule has 7 heteroatoms. The molecule has 3 N–H and O–H groups in total. The molecule has 1 amide bonds. The van der Waals surface area contributed by atoms with Crippen LogP contribution in [-0.4, -0.2) is 46.7 Å². The topological polar surface area (TPSA) is 101 Å². The van der Waals surface area contributed by atoms with Gasteiger partial charge in [-0.3, -0.25) is 9.59 Å². The Hall–Kier alpha value is -2.96. The van der Waals surface area contributed by atoms with Crippen molar-refractivity contribution in [1.29, 1.82) is 0 Å². The van der Waals surface area contributed by atoms with E-state index in [1.165, 1.54) is 0 Å². The summed E-state index contributed by atoms with van der Waals surface area (Å²) in [7, 11) is 1.77. The Labute approximate surface area is 159 Å². The first-order valence-electron chi connectivity index (χ1n) is 9.26. The summed E-state index contributed by atoms with van der Waals surface area (Å²) in [5, 5.41) is 2.95. The van der Waals surface area contributed by atoms with E-state index >= 15 is 0 Å². The summed E-state index contributed by atoms with van der Waals surface area (Å²) >= 11 is 0. The monoisotopic (exact) mass is 367 g/mol. The minimum Gasteiger partial charge on any atom is -0.373 e. The van der Waals surface area contributed by atoms with Crippen molar-refractivity contribution in [3.63, 3.8) is 0 Å². The fourth-order valence-corrected chi connectivity index (χ4v) is 3.27. The van der Waals surface area contributed by atoms with Crippen LogP contribution < -0.4 is 11.1 Å². The first-order chi connectivity index (χ1) is 13.0. The number of rotatable bonds is 7. The Morgan fingerprint density at radius 3 is 2.67 bits per heavy atom. The highest BCUT2D eigenvalue weighted by molar-refractivity contribution is 5.86. The van der Waals surface area contributed by atoms with Crippen molar-refractivity contribution < 1.29 is 9.59 Å². The minimum absolute atomic E-state index is 0.0674. The molecule has 1 aromatic carbocycles. The number of nitrogens with two attached hydrogens (primary N) is 1. The molecule has 1 aliphatic rings. The zero-order chi connectivity index (χ0) is 19.2. The molecule has 1 aliphatic heterocycles. The highest BCUT2D eigenvalue weighted by Crippen LogP contribution is 2.22. The Balaban J connectivity index is 1.62. The van der Waals surface area contributed by atoms with Gasteiger partial charge in [0.05, 0.1) is 5.69 Å². The van der Waals surface area contributed by atoms with Gasteiger partial charge in [0, 0.05) is 51.0 Å². The summed E-state index contributed by atoms with van der Waals surface area (Å²) < 4.78 is 0. The van der Waals surface area contributed by atoms with Gasteiger partial charge in [-0.1, -0.05) is 18.2 Å². The van der Waals surface area contributed by atoms with Crippen LogP contribution >= 0.6 is 0 Å². The molecule has 27 heavy (non-hydrogen) atoms. The molecule has 0 atom stereocenters. The highest BCUT2D eigenvalue weighted by Gasteiger charge is 2.18. The molecule has 2 aromatic rings. The van der Waals surface area contributed by atoms with Crippen molar-refractivity contribution in [2.24, 2.45) is 0 Å².